The Morgan fingerprint density at radius 1 is 1.53 bits per heavy atom. The van der Waals surface area contributed by atoms with Crippen LogP contribution >= 0.6 is 0 Å². The van der Waals surface area contributed by atoms with Gasteiger partial charge in [0.15, 0.2) is 0 Å². The molecule has 1 aliphatic rings. The fraction of sp³-hybridized carbons (Fsp3) is 0.538. The molecule has 0 aromatic carbocycles. The summed E-state index contributed by atoms with van der Waals surface area (Å²) in [4.78, 5) is 16.1. The molecule has 0 bridgehead atoms. The van der Waals surface area contributed by atoms with Crippen molar-refractivity contribution in [2.24, 2.45) is 11.7 Å². The maximum absolute atomic E-state index is 12.0. The maximum atomic E-state index is 12.0. The predicted molar refractivity (Wildman–Crippen MR) is 66.6 cm³/mol. The molecule has 4 heteroatoms. The van der Waals surface area contributed by atoms with E-state index in [1.54, 1.807) is 6.20 Å². The van der Waals surface area contributed by atoms with Crippen LogP contribution in [0.3, 0.4) is 0 Å². The number of aromatic nitrogens is 1. The van der Waals surface area contributed by atoms with E-state index in [2.05, 4.69) is 10.3 Å². The third kappa shape index (κ3) is 2.82. The number of hydrogen-bond donors (Lipinski definition) is 2. The molecule has 1 amide bonds. The second-order valence-electron chi connectivity index (χ2n) is 4.69. The second kappa shape index (κ2) is 5.27. The molecule has 1 heterocycles. The monoisotopic (exact) mass is 233 g/mol. The van der Waals surface area contributed by atoms with Gasteiger partial charge in [0.2, 0.25) is 0 Å². The van der Waals surface area contributed by atoms with Gasteiger partial charge in [0.25, 0.3) is 5.91 Å². The molecule has 1 aliphatic carbocycles. The summed E-state index contributed by atoms with van der Waals surface area (Å²) in [5.41, 5.74) is 7.24. The van der Waals surface area contributed by atoms with Crippen molar-refractivity contribution in [1.82, 2.24) is 10.3 Å². The summed E-state index contributed by atoms with van der Waals surface area (Å²) in [6, 6.07) is 3.89. The first-order valence-electron chi connectivity index (χ1n) is 6.14. The summed E-state index contributed by atoms with van der Waals surface area (Å²) < 4.78 is 0. The van der Waals surface area contributed by atoms with Gasteiger partial charge in [-0.25, -0.2) is 0 Å². The number of aryl methyl sites for hydroxylation is 1. The Balaban J connectivity index is 1.99. The van der Waals surface area contributed by atoms with Crippen LogP contribution in [-0.2, 0) is 0 Å². The molecule has 0 spiro atoms. The van der Waals surface area contributed by atoms with Crippen LogP contribution in [0.2, 0.25) is 0 Å². The molecular formula is C13H19N3O. The minimum Gasteiger partial charge on any atom is -0.349 e. The summed E-state index contributed by atoms with van der Waals surface area (Å²) in [5.74, 6) is 0.389. The highest BCUT2D eigenvalue weighted by Crippen LogP contribution is 2.24. The van der Waals surface area contributed by atoms with Crippen molar-refractivity contribution in [3.63, 3.8) is 0 Å². The fourth-order valence-electron chi connectivity index (χ4n) is 2.36. The van der Waals surface area contributed by atoms with Crippen molar-refractivity contribution >= 4 is 5.91 Å². The van der Waals surface area contributed by atoms with Gasteiger partial charge < -0.3 is 11.1 Å². The van der Waals surface area contributed by atoms with Crippen molar-refractivity contribution in [2.75, 3.05) is 6.54 Å². The van der Waals surface area contributed by atoms with Gasteiger partial charge in [-0.2, -0.15) is 0 Å². The molecule has 17 heavy (non-hydrogen) atoms. The molecule has 2 atom stereocenters. The summed E-state index contributed by atoms with van der Waals surface area (Å²) in [6.07, 6.45) is 4.93. The third-order valence-electron chi connectivity index (χ3n) is 3.45. The van der Waals surface area contributed by atoms with Crippen LogP contribution in [0.1, 0.15) is 35.3 Å². The Morgan fingerprint density at radius 2 is 2.35 bits per heavy atom. The van der Waals surface area contributed by atoms with Gasteiger partial charge in [0.05, 0.1) is 5.56 Å². The maximum Gasteiger partial charge on any atom is 0.253 e. The van der Waals surface area contributed by atoms with Gasteiger partial charge in [-0.1, -0.05) is 6.42 Å². The number of pyridine rings is 1. The first-order chi connectivity index (χ1) is 8.20. The number of nitrogens with one attached hydrogen (secondary N) is 1. The average Bonchev–Trinajstić information content (AvgIpc) is 2.77. The van der Waals surface area contributed by atoms with Crippen LogP contribution < -0.4 is 11.1 Å². The molecule has 1 aromatic rings. The number of nitrogens with zero attached hydrogens (tertiary/aromatic N) is 1. The molecule has 0 radical (unpaired) electrons. The number of hydrogen-bond acceptors (Lipinski definition) is 3. The number of carbonyl (C=O) groups is 1. The summed E-state index contributed by atoms with van der Waals surface area (Å²) in [7, 11) is 0. The first-order valence-corrected chi connectivity index (χ1v) is 6.14. The van der Waals surface area contributed by atoms with Gasteiger partial charge in [-0.3, -0.25) is 9.78 Å². The molecule has 0 aliphatic heterocycles. The molecule has 1 fully saturated rings. The van der Waals surface area contributed by atoms with E-state index in [0.717, 1.165) is 25.0 Å². The Hall–Kier alpha value is -1.42. The number of rotatable bonds is 3. The van der Waals surface area contributed by atoms with Crippen LogP contribution in [0, 0.1) is 12.8 Å². The molecule has 92 valence electrons. The summed E-state index contributed by atoms with van der Waals surface area (Å²) >= 11 is 0. The minimum atomic E-state index is -0.0390. The lowest BCUT2D eigenvalue weighted by atomic mass is 10.0. The van der Waals surface area contributed by atoms with E-state index in [1.807, 2.05) is 19.1 Å². The lowest BCUT2D eigenvalue weighted by Gasteiger charge is -2.19. The smallest absolute Gasteiger partial charge is 0.253 e. The lowest BCUT2D eigenvalue weighted by Crippen LogP contribution is -2.39. The minimum absolute atomic E-state index is 0.0390. The van der Waals surface area contributed by atoms with Crippen LogP contribution in [0.4, 0.5) is 0 Å². The molecule has 1 saturated carbocycles. The van der Waals surface area contributed by atoms with Crippen LogP contribution in [-0.4, -0.2) is 23.5 Å². The highest BCUT2D eigenvalue weighted by molar-refractivity contribution is 5.94. The Morgan fingerprint density at radius 3 is 3.00 bits per heavy atom. The molecule has 4 nitrogen and oxygen atoms in total. The first kappa shape index (κ1) is 12.0. The fourth-order valence-corrected chi connectivity index (χ4v) is 2.36. The predicted octanol–water partition coefficient (Wildman–Crippen LogP) is 1.25. The number of amides is 1. The van der Waals surface area contributed by atoms with E-state index < -0.39 is 0 Å². The third-order valence-corrected chi connectivity index (χ3v) is 3.45. The summed E-state index contributed by atoms with van der Waals surface area (Å²) in [5, 5.41) is 3.06. The number of carbonyl (C=O) groups excluding carboxylic acids is 1. The van der Waals surface area contributed by atoms with Crippen LogP contribution in [0.5, 0.6) is 0 Å². The Bertz CT molecular complexity index is 388. The van der Waals surface area contributed by atoms with Crippen molar-refractivity contribution in [1.29, 1.82) is 0 Å². The van der Waals surface area contributed by atoms with Gasteiger partial charge in [-0.15, -0.1) is 0 Å². The molecule has 2 rings (SSSR count). The number of nitrogens with two attached hydrogens (primary N) is 1. The SMILES string of the molecule is Cc1ccc(C(=O)NC2CCCC2CN)cn1. The zero-order valence-electron chi connectivity index (χ0n) is 10.1. The van der Waals surface area contributed by atoms with E-state index in [9.17, 15) is 4.79 Å². The van der Waals surface area contributed by atoms with Crippen molar-refractivity contribution in [3.8, 4) is 0 Å². The highest BCUT2D eigenvalue weighted by atomic mass is 16.1. The van der Waals surface area contributed by atoms with E-state index in [0.29, 0.717) is 18.0 Å². The van der Waals surface area contributed by atoms with Gasteiger partial charge >= 0.3 is 0 Å². The molecule has 0 saturated heterocycles. The lowest BCUT2D eigenvalue weighted by molar-refractivity contribution is 0.0928. The molecule has 3 N–H and O–H groups in total. The summed E-state index contributed by atoms with van der Waals surface area (Å²) in [6.45, 7) is 2.56. The Labute approximate surface area is 102 Å². The van der Waals surface area contributed by atoms with Gasteiger partial charge in [-0.05, 0) is 44.4 Å². The van der Waals surface area contributed by atoms with Crippen LogP contribution in [0.15, 0.2) is 18.3 Å². The largest absolute Gasteiger partial charge is 0.349 e. The van der Waals surface area contributed by atoms with Crippen molar-refractivity contribution < 1.29 is 4.79 Å². The molecule has 1 aromatic heterocycles. The van der Waals surface area contributed by atoms with E-state index in [1.165, 1.54) is 0 Å². The average molecular weight is 233 g/mol. The van der Waals surface area contributed by atoms with Gasteiger partial charge in [0, 0.05) is 17.9 Å². The second-order valence-corrected chi connectivity index (χ2v) is 4.69. The van der Waals surface area contributed by atoms with E-state index in [4.69, 9.17) is 5.73 Å². The topological polar surface area (TPSA) is 68.0 Å². The van der Waals surface area contributed by atoms with Crippen molar-refractivity contribution in [3.05, 3.63) is 29.6 Å². The Kier molecular flexibility index (Phi) is 3.74. The van der Waals surface area contributed by atoms with Crippen LogP contribution in [0.25, 0.3) is 0 Å². The standard InChI is InChI=1S/C13H19N3O/c1-9-5-6-11(8-15-9)13(17)16-12-4-2-3-10(12)7-14/h5-6,8,10,12H,2-4,7,14H2,1H3,(H,16,17). The van der Waals surface area contributed by atoms with E-state index in [-0.39, 0.29) is 11.9 Å². The quantitative estimate of drug-likeness (QED) is 0.825. The highest BCUT2D eigenvalue weighted by Gasteiger charge is 2.27. The molecule has 2 unspecified atom stereocenters. The normalized spacial score (nSPS) is 23.6. The zero-order valence-corrected chi connectivity index (χ0v) is 10.1. The zero-order chi connectivity index (χ0) is 12.3. The van der Waals surface area contributed by atoms with E-state index >= 15 is 0 Å². The van der Waals surface area contributed by atoms with Crippen molar-refractivity contribution in [2.45, 2.75) is 32.2 Å². The van der Waals surface area contributed by atoms with Gasteiger partial charge in [0.1, 0.15) is 0 Å². The molecular weight excluding hydrogens is 214 g/mol.